The zero-order chi connectivity index (χ0) is 23.3. The van der Waals surface area contributed by atoms with Crippen molar-refractivity contribution in [3.05, 3.63) is 42.0 Å². The normalized spacial score (nSPS) is 21.7. The number of rotatable bonds is 5. The third-order valence-electron chi connectivity index (χ3n) is 7.10. The lowest BCUT2D eigenvalue weighted by Crippen LogP contribution is -2.50. The Kier molecular flexibility index (Phi) is 7.10. The van der Waals surface area contributed by atoms with Crippen LogP contribution < -0.4 is 15.1 Å². The number of benzene rings is 1. The van der Waals surface area contributed by atoms with Crippen molar-refractivity contribution in [1.82, 2.24) is 20.0 Å². The topological polar surface area (TPSA) is 77.1 Å². The third kappa shape index (κ3) is 5.42. The summed E-state index contributed by atoms with van der Waals surface area (Å²) in [5.41, 5.74) is 1.93. The van der Waals surface area contributed by atoms with Crippen LogP contribution in [0.5, 0.6) is 0 Å². The molecule has 34 heavy (non-hydrogen) atoms. The third-order valence-corrected chi connectivity index (χ3v) is 7.10. The summed E-state index contributed by atoms with van der Waals surface area (Å²) in [6.07, 6.45) is 2.81. The lowest BCUT2D eigenvalue weighted by atomic mass is 10.2. The zero-order valence-electron chi connectivity index (χ0n) is 20.0. The number of carbonyl (C=O) groups excluding carboxylic acids is 1. The lowest BCUT2D eigenvalue weighted by Gasteiger charge is -2.37. The number of nitrogens with one attached hydrogen (secondary N) is 1. The first kappa shape index (κ1) is 22.9. The number of ether oxygens (including phenoxy) is 1. The second-order valence-corrected chi connectivity index (χ2v) is 9.39. The molecule has 0 saturated carbocycles. The molecule has 3 fully saturated rings. The predicted octanol–water partition coefficient (Wildman–Crippen LogP) is 2.44. The molecule has 0 bridgehead atoms. The van der Waals surface area contributed by atoms with Gasteiger partial charge in [0, 0.05) is 71.2 Å². The Labute approximate surface area is 201 Å². The van der Waals surface area contributed by atoms with Crippen molar-refractivity contribution in [1.29, 1.82) is 0 Å². The maximum atomic E-state index is 12.7. The van der Waals surface area contributed by atoms with E-state index >= 15 is 0 Å². The number of anilines is 3. The molecule has 1 N–H and O–H groups in total. The van der Waals surface area contributed by atoms with E-state index in [9.17, 15) is 4.79 Å². The number of para-hydroxylation sites is 1. The van der Waals surface area contributed by atoms with Gasteiger partial charge in [-0.1, -0.05) is 18.2 Å². The van der Waals surface area contributed by atoms with Crippen molar-refractivity contribution in [2.75, 3.05) is 80.6 Å². The summed E-state index contributed by atoms with van der Waals surface area (Å²) < 4.78 is 5.78. The van der Waals surface area contributed by atoms with Gasteiger partial charge in [0.15, 0.2) is 11.6 Å². The molecule has 5 rings (SSSR count). The minimum Gasteiger partial charge on any atom is -0.377 e. The Bertz CT molecular complexity index is 948. The Morgan fingerprint density at radius 2 is 1.59 bits per heavy atom. The molecule has 1 aromatic carbocycles. The molecule has 1 unspecified atom stereocenters. The minimum atomic E-state index is -0.0472. The van der Waals surface area contributed by atoms with Gasteiger partial charge in [-0.25, -0.2) is 4.79 Å². The van der Waals surface area contributed by atoms with E-state index in [2.05, 4.69) is 42.3 Å². The van der Waals surface area contributed by atoms with E-state index in [1.165, 1.54) is 12.8 Å². The number of amides is 2. The smallest absolute Gasteiger partial charge is 0.321 e. The van der Waals surface area contributed by atoms with Crippen molar-refractivity contribution >= 4 is 23.4 Å². The molecule has 0 aliphatic carbocycles. The summed E-state index contributed by atoms with van der Waals surface area (Å²) in [5, 5.41) is 12.1. The molecule has 2 amide bonds. The van der Waals surface area contributed by atoms with Crippen LogP contribution in [0.2, 0.25) is 0 Å². The van der Waals surface area contributed by atoms with Crippen LogP contribution in [-0.2, 0) is 4.74 Å². The molecule has 3 aliphatic rings. The molecular weight excluding hydrogens is 430 g/mol. The van der Waals surface area contributed by atoms with Gasteiger partial charge in [-0.3, -0.25) is 4.90 Å². The lowest BCUT2D eigenvalue weighted by molar-refractivity contribution is 0.0712. The van der Waals surface area contributed by atoms with Crippen LogP contribution in [0.3, 0.4) is 0 Å². The van der Waals surface area contributed by atoms with Gasteiger partial charge in [-0.2, -0.15) is 0 Å². The highest BCUT2D eigenvalue weighted by Gasteiger charge is 2.25. The number of hydrogen-bond donors (Lipinski definition) is 1. The average Bonchev–Trinajstić information content (AvgIpc) is 3.39. The summed E-state index contributed by atoms with van der Waals surface area (Å²) in [7, 11) is 0. The van der Waals surface area contributed by atoms with Gasteiger partial charge in [0.1, 0.15) is 0 Å². The van der Waals surface area contributed by atoms with Crippen LogP contribution in [0.4, 0.5) is 22.1 Å². The summed E-state index contributed by atoms with van der Waals surface area (Å²) in [6, 6.07) is 11.9. The summed E-state index contributed by atoms with van der Waals surface area (Å²) in [6.45, 7) is 10.8. The van der Waals surface area contributed by atoms with Crippen LogP contribution in [0, 0.1) is 6.92 Å². The molecule has 0 radical (unpaired) electrons. The number of carbonyl (C=O) groups is 1. The van der Waals surface area contributed by atoms with E-state index in [1.807, 2.05) is 36.1 Å². The first-order chi connectivity index (χ1) is 16.7. The fourth-order valence-electron chi connectivity index (χ4n) is 4.94. The molecule has 182 valence electrons. The molecule has 9 nitrogen and oxygen atoms in total. The van der Waals surface area contributed by atoms with Crippen molar-refractivity contribution in [2.45, 2.75) is 25.9 Å². The van der Waals surface area contributed by atoms with Gasteiger partial charge < -0.3 is 24.8 Å². The van der Waals surface area contributed by atoms with Gasteiger partial charge in [0.05, 0.1) is 6.10 Å². The number of aryl methyl sites for hydroxylation is 1. The van der Waals surface area contributed by atoms with Crippen LogP contribution >= 0.6 is 0 Å². The monoisotopic (exact) mass is 465 g/mol. The maximum Gasteiger partial charge on any atom is 0.321 e. The average molecular weight is 466 g/mol. The minimum absolute atomic E-state index is 0.0472. The molecule has 1 atom stereocenters. The van der Waals surface area contributed by atoms with E-state index in [-0.39, 0.29) is 6.03 Å². The molecule has 1 aromatic heterocycles. The van der Waals surface area contributed by atoms with Crippen molar-refractivity contribution in [3.8, 4) is 0 Å². The quantitative estimate of drug-likeness (QED) is 0.727. The Hall–Kier alpha value is -2.91. The SMILES string of the molecule is Cc1ccccc1NC(=O)N1CCN(c2ccc(N3CCN(CC4CCCO4)CC3)nn2)CC1. The van der Waals surface area contributed by atoms with Gasteiger partial charge in [0.25, 0.3) is 0 Å². The molecule has 3 saturated heterocycles. The van der Waals surface area contributed by atoms with Gasteiger partial charge in [-0.05, 0) is 43.5 Å². The second kappa shape index (κ2) is 10.6. The van der Waals surface area contributed by atoms with E-state index in [4.69, 9.17) is 4.74 Å². The number of nitrogens with zero attached hydrogens (tertiary/aromatic N) is 6. The number of urea groups is 1. The fraction of sp³-hybridized carbons (Fsp3) is 0.560. The Balaban J connectivity index is 1.08. The standard InChI is InChI=1S/C25H35N7O2/c1-20-5-2-3-7-22(20)26-25(33)32-16-14-31(15-17-32)24-9-8-23(27-28-24)30-12-10-29(11-13-30)19-21-6-4-18-34-21/h2-3,5,7-9,21H,4,6,10-19H2,1H3,(H,26,33). The van der Waals surface area contributed by atoms with Gasteiger partial charge in [-0.15, -0.1) is 10.2 Å². The molecule has 3 aliphatic heterocycles. The van der Waals surface area contributed by atoms with E-state index in [1.54, 1.807) is 0 Å². The number of aromatic nitrogens is 2. The van der Waals surface area contributed by atoms with Crippen molar-refractivity contribution < 1.29 is 9.53 Å². The van der Waals surface area contributed by atoms with Gasteiger partial charge in [0.2, 0.25) is 0 Å². The van der Waals surface area contributed by atoms with Gasteiger partial charge >= 0.3 is 6.03 Å². The van der Waals surface area contributed by atoms with E-state index in [0.29, 0.717) is 19.2 Å². The van der Waals surface area contributed by atoms with Crippen molar-refractivity contribution in [3.63, 3.8) is 0 Å². The summed E-state index contributed by atoms with van der Waals surface area (Å²) in [5.74, 6) is 1.82. The number of piperazine rings is 2. The van der Waals surface area contributed by atoms with E-state index in [0.717, 1.165) is 75.3 Å². The summed E-state index contributed by atoms with van der Waals surface area (Å²) >= 11 is 0. The Morgan fingerprint density at radius 3 is 2.18 bits per heavy atom. The highest BCUT2D eigenvalue weighted by Crippen LogP contribution is 2.20. The Morgan fingerprint density at radius 1 is 0.941 bits per heavy atom. The molecule has 4 heterocycles. The maximum absolute atomic E-state index is 12.7. The fourth-order valence-corrected chi connectivity index (χ4v) is 4.94. The zero-order valence-corrected chi connectivity index (χ0v) is 20.0. The first-order valence-electron chi connectivity index (χ1n) is 12.4. The van der Waals surface area contributed by atoms with Crippen LogP contribution in [0.15, 0.2) is 36.4 Å². The van der Waals surface area contributed by atoms with Crippen LogP contribution in [0.25, 0.3) is 0 Å². The van der Waals surface area contributed by atoms with E-state index < -0.39 is 0 Å². The molecule has 2 aromatic rings. The van der Waals surface area contributed by atoms with Crippen LogP contribution in [-0.4, -0.2) is 97.6 Å². The highest BCUT2D eigenvalue weighted by atomic mass is 16.5. The predicted molar refractivity (Wildman–Crippen MR) is 134 cm³/mol. The first-order valence-corrected chi connectivity index (χ1v) is 12.4. The highest BCUT2D eigenvalue weighted by molar-refractivity contribution is 5.90. The number of hydrogen-bond acceptors (Lipinski definition) is 7. The molecule has 9 heteroatoms. The second-order valence-electron chi connectivity index (χ2n) is 9.39. The van der Waals surface area contributed by atoms with Crippen LogP contribution in [0.1, 0.15) is 18.4 Å². The summed E-state index contributed by atoms with van der Waals surface area (Å²) in [4.78, 5) is 21.5. The molecular formula is C25H35N7O2. The largest absolute Gasteiger partial charge is 0.377 e. The van der Waals surface area contributed by atoms with Crippen molar-refractivity contribution in [2.24, 2.45) is 0 Å². The molecule has 0 spiro atoms.